The SMILES string of the molecule is O=c1[nH]ncn1C1CCN(Cc2cn(-c3ccc(F)cc3)nn2)CC1. The van der Waals surface area contributed by atoms with Crippen molar-refractivity contribution in [3.05, 3.63) is 58.8 Å². The highest BCUT2D eigenvalue weighted by atomic mass is 19.1. The molecular weight excluding hydrogens is 325 g/mol. The number of halogens is 1. The summed E-state index contributed by atoms with van der Waals surface area (Å²) in [7, 11) is 0. The van der Waals surface area contributed by atoms with Crippen LogP contribution in [-0.4, -0.2) is 47.7 Å². The molecular formula is C16H18FN7O. The Balaban J connectivity index is 1.37. The fourth-order valence-electron chi connectivity index (χ4n) is 3.19. The molecule has 1 aliphatic heterocycles. The van der Waals surface area contributed by atoms with E-state index in [1.165, 1.54) is 12.1 Å². The molecule has 130 valence electrons. The molecule has 0 bridgehead atoms. The summed E-state index contributed by atoms with van der Waals surface area (Å²) in [6.07, 6.45) is 5.22. The molecule has 4 rings (SSSR count). The van der Waals surface area contributed by atoms with Crippen molar-refractivity contribution in [2.45, 2.75) is 25.4 Å². The van der Waals surface area contributed by atoms with Crippen LogP contribution < -0.4 is 5.69 Å². The normalized spacial score (nSPS) is 16.4. The number of hydrogen-bond donors (Lipinski definition) is 1. The zero-order valence-corrected chi connectivity index (χ0v) is 13.5. The van der Waals surface area contributed by atoms with E-state index < -0.39 is 0 Å². The second kappa shape index (κ2) is 6.60. The molecule has 9 heteroatoms. The van der Waals surface area contributed by atoms with Gasteiger partial charge in [-0.2, -0.15) is 5.10 Å². The van der Waals surface area contributed by atoms with Crippen LogP contribution in [0.1, 0.15) is 24.6 Å². The second-order valence-corrected chi connectivity index (χ2v) is 6.21. The summed E-state index contributed by atoms with van der Waals surface area (Å²) in [5.74, 6) is -0.274. The van der Waals surface area contributed by atoms with Gasteiger partial charge < -0.3 is 0 Å². The molecule has 0 atom stereocenters. The maximum absolute atomic E-state index is 13.0. The molecule has 1 N–H and O–H groups in total. The first-order valence-corrected chi connectivity index (χ1v) is 8.20. The van der Waals surface area contributed by atoms with Gasteiger partial charge in [0.15, 0.2) is 0 Å². The lowest BCUT2D eigenvalue weighted by molar-refractivity contribution is 0.176. The molecule has 8 nitrogen and oxygen atoms in total. The molecule has 0 aliphatic carbocycles. The van der Waals surface area contributed by atoms with Crippen molar-refractivity contribution < 1.29 is 4.39 Å². The van der Waals surface area contributed by atoms with E-state index in [2.05, 4.69) is 25.4 Å². The van der Waals surface area contributed by atoms with Gasteiger partial charge in [0.05, 0.1) is 17.6 Å². The van der Waals surface area contributed by atoms with Crippen LogP contribution >= 0.6 is 0 Å². The van der Waals surface area contributed by atoms with Crippen molar-refractivity contribution in [1.29, 1.82) is 0 Å². The van der Waals surface area contributed by atoms with Gasteiger partial charge in [-0.3, -0.25) is 9.47 Å². The van der Waals surface area contributed by atoms with E-state index in [-0.39, 0.29) is 17.5 Å². The monoisotopic (exact) mass is 343 g/mol. The van der Waals surface area contributed by atoms with Crippen LogP contribution in [0.5, 0.6) is 0 Å². The first kappa shape index (κ1) is 15.7. The van der Waals surface area contributed by atoms with Gasteiger partial charge in [-0.25, -0.2) is 19.0 Å². The molecule has 3 heterocycles. The minimum atomic E-state index is -0.274. The van der Waals surface area contributed by atoms with Crippen LogP contribution in [0.15, 0.2) is 41.6 Å². The van der Waals surface area contributed by atoms with Crippen LogP contribution in [0.4, 0.5) is 4.39 Å². The van der Waals surface area contributed by atoms with E-state index in [1.807, 2.05) is 6.20 Å². The zero-order chi connectivity index (χ0) is 17.2. The number of nitrogens with zero attached hydrogens (tertiary/aromatic N) is 6. The third-order valence-corrected chi connectivity index (χ3v) is 4.54. The minimum Gasteiger partial charge on any atom is -0.297 e. The molecule has 3 aromatic rings. The number of rotatable bonds is 4. The van der Waals surface area contributed by atoms with Crippen molar-refractivity contribution in [1.82, 2.24) is 34.7 Å². The van der Waals surface area contributed by atoms with E-state index in [1.54, 1.807) is 27.7 Å². The van der Waals surface area contributed by atoms with Crippen molar-refractivity contribution in [2.75, 3.05) is 13.1 Å². The molecule has 0 amide bonds. The van der Waals surface area contributed by atoms with E-state index in [9.17, 15) is 9.18 Å². The van der Waals surface area contributed by atoms with E-state index in [4.69, 9.17) is 0 Å². The summed E-state index contributed by atoms with van der Waals surface area (Å²) in [5, 5.41) is 14.5. The number of benzene rings is 1. The average Bonchev–Trinajstić information content (AvgIpc) is 3.26. The quantitative estimate of drug-likeness (QED) is 0.768. The Morgan fingerprint density at radius 3 is 2.64 bits per heavy atom. The van der Waals surface area contributed by atoms with Crippen LogP contribution in [0.25, 0.3) is 5.69 Å². The van der Waals surface area contributed by atoms with Crippen LogP contribution in [0.3, 0.4) is 0 Å². The number of hydrogen-bond acceptors (Lipinski definition) is 5. The number of aromatic nitrogens is 6. The van der Waals surface area contributed by atoms with E-state index >= 15 is 0 Å². The fraction of sp³-hybridized carbons (Fsp3) is 0.375. The standard InChI is InChI=1S/C16H18FN7O/c17-12-1-3-15(4-2-12)24-10-13(19-21-24)9-22-7-5-14(6-8-22)23-11-18-20-16(23)25/h1-4,10-11,14H,5-9H2,(H,20,25). The summed E-state index contributed by atoms with van der Waals surface area (Å²) in [4.78, 5) is 13.9. The summed E-state index contributed by atoms with van der Waals surface area (Å²) in [6, 6.07) is 6.33. The lowest BCUT2D eigenvalue weighted by Crippen LogP contribution is -2.36. The lowest BCUT2D eigenvalue weighted by atomic mass is 10.0. The minimum absolute atomic E-state index is 0.152. The molecule has 0 spiro atoms. The largest absolute Gasteiger partial charge is 0.343 e. The molecule has 1 saturated heterocycles. The van der Waals surface area contributed by atoms with Gasteiger partial charge in [0.2, 0.25) is 0 Å². The number of H-pyrrole nitrogens is 1. The Labute approximate surface area is 142 Å². The van der Waals surface area contributed by atoms with E-state index in [0.29, 0.717) is 6.54 Å². The van der Waals surface area contributed by atoms with E-state index in [0.717, 1.165) is 37.3 Å². The molecule has 1 aliphatic rings. The highest BCUT2D eigenvalue weighted by Crippen LogP contribution is 2.21. The smallest absolute Gasteiger partial charge is 0.297 e. The Morgan fingerprint density at radius 2 is 1.96 bits per heavy atom. The van der Waals surface area contributed by atoms with Gasteiger partial charge in [-0.05, 0) is 37.1 Å². The number of likely N-dealkylation sites (tertiary alicyclic amines) is 1. The lowest BCUT2D eigenvalue weighted by Gasteiger charge is -2.31. The molecule has 25 heavy (non-hydrogen) atoms. The molecule has 0 radical (unpaired) electrons. The maximum Gasteiger partial charge on any atom is 0.343 e. The van der Waals surface area contributed by atoms with Gasteiger partial charge in [0.1, 0.15) is 12.1 Å². The first-order chi connectivity index (χ1) is 12.2. The fourth-order valence-corrected chi connectivity index (χ4v) is 3.19. The Morgan fingerprint density at radius 1 is 1.20 bits per heavy atom. The predicted octanol–water partition coefficient (Wildman–Crippen LogP) is 1.13. The molecule has 1 aromatic carbocycles. The van der Waals surface area contributed by atoms with Crippen LogP contribution in [0, 0.1) is 5.82 Å². The van der Waals surface area contributed by atoms with Crippen molar-refractivity contribution in [3.8, 4) is 5.69 Å². The molecule has 1 fully saturated rings. The third kappa shape index (κ3) is 3.36. The summed E-state index contributed by atoms with van der Waals surface area (Å²) in [6.45, 7) is 2.46. The predicted molar refractivity (Wildman–Crippen MR) is 87.7 cm³/mol. The zero-order valence-electron chi connectivity index (χ0n) is 13.5. The Kier molecular flexibility index (Phi) is 4.14. The third-order valence-electron chi connectivity index (χ3n) is 4.54. The number of piperidine rings is 1. The highest BCUT2D eigenvalue weighted by Gasteiger charge is 2.22. The van der Waals surface area contributed by atoms with Crippen molar-refractivity contribution >= 4 is 0 Å². The van der Waals surface area contributed by atoms with Gasteiger partial charge in [-0.1, -0.05) is 5.21 Å². The van der Waals surface area contributed by atoms with Gasteiger partial charge in [0, 0.05) is 25.7 Å². The molecule has 0 unspecified atom stereocenters. The summed E-state index contributed by atoms with van der Waals surface area (Å²) >= 11 is 0. The molecule has 0 saturated carbocycles. The Bertz CT molecular complexity index is 890. The first-order valence-electron chi connectivity index (χ1n) is 8.20. The Hall–Kier alpha value is -2.81. The highest BCUT2D eigenvalue weighted by molar-refractivity contribution is 5.30. The topological polar surface area (TPSA) is 84.6 Å². The summed E-state index contributed by atoms with van der Waals surface area (Å²) in [5.41, 5.74) is 1.49. The van der Waals surface area contributed by atoms with Gasteiger partial charge >= 0.3 is 5.69 Å². The van der Waals surface area contributed by atoms with Crippen molar-refractivity contribution in [3.63, 3.8) is 0 Å². The van der Waals surface area contributed by atoms with Crippen LogP contribution in [-0.2, 0) is 6.54 Å². The molecule has 2 aromatic heterocycles. The number of nitrogens with one attached hydrogen (secondary N) is 1. The van der Waals surface area contributed by atoms with Gasteiger partial charge in [0.25, 0.3) is 0 Å². The number of aromatic amines is 1. The summed E-state index contributed by atoms with van der Waals surface area (Å²) < 4.78 is 16.3. The van der Waals surface area contributed by atoms with Crippen LogP contribution in [0.2, 0.25) is 0 Å². The second-order valence-electron chi connectivity index (χ2n) is 6.21. The maximum atomic E-state index is 13.0. The van der Waals surface area contributed by atoms with Gasteiger partial charge in [-0.15, -0.1) is 5.10 Å². The average molecular weight is 343 g/mol. The van der Waals surface area contributed by atoms with Crippen molar-refractivity contribution in [2.24, 2.45) is 0 Å².